The summed E-state index contributed by atoms with van der Waals surface area (Å²) in [6.45, 7) is 4.68. The molecule has 6 nitrogen and oxygen atoms in total. The molecule has 0 amide bonds. The van der Waals surface area contributed by atoms with Crippen LogP contribution in [0.5, 0.6) is 11.5 Å². The largest absolute Gasteiger partial charge is 0.493 e. The van der Waals surface area contributed by atoms with Crippen LogP contribution in [0.15, 0.2) is 35.4 Å². The Labute approximate surface area is 152 Å². The monoisotopic (exact) mass is 356 g/mol. The lowest BCUT2D eigenvalue weighted by Gasteiger charge is -2.23. The van der Waals surface area contributed by atoms with E-state index >= 15 is 0 Å². The summed E-state index contributed by atoms with van der Waals surface area (Å²) in [5.41, 5.74) is 9.93. The normalized spacial score (nSPS) is 15.3. The summed E-state index contributed by atoms with van der Waals surface area (Å²) in [7, 11) is 3.22. The van der Waals surface area contributed by atoms with Gasteiger partial charge in [-0.1, -0.05) is 13.0 Å². The van der Waals surface area contributed by atoms with Crippen LogP contribution in [0.25, 0.3) is 16.6 Å². The van der Waals surface area contributed by atoms with Gasteiger partial charge in [-0.2, -0.15) is 0 Å². The van der Waals surface area contributed by atoms with Gasteiger partial charge in [-0.15, -0.1) is 0 Å². The number of hydrogen-bond donors (Lipinski definition) is 1. The van der Waals surface area contributed by atoms with Gasteiger partial charge in [0.1, 0.15) is 0 Å². The van der Waals surface area contributed by atoms with Crippen molar-refractivity contribution in [3.63, 3.8) is 0 Å². The summed E-state index contributed by atoms with van der Waals surface area (Å²) < 4.78 is 18.3. The molecule has 6 heteroatoms. The van der Waals surface area contributed by atoms with E-state index in [2.05, 4.69) is 4.57 Å². The van der Waals surface area contributed by atoms with Crippen LogP contribution in [-0.4, -0.2) is 31.4 Å². The quantitative estimate of drug-likeness (QED) is 0.833. The van der Waals surface area contributed by atoms with E-state index < -0.39 is 0 Å². The summed E-state index contributed by atoms with van der Waals surface area (Å²) in [5.74, 6) is 0.921. The lowest BCUT2D eigenvalue weighted by atomic mass is 9.98. The molecule has 0 spiro atoms. The van der Waals surface area contributed by atoms with Crippen molar-refractivity contribution in [2.24, 2.45) is 5.73 Å². The number of esters is 1. The molecule has 0 saturated heterocycles. The first kappa shape index (κ1) is 17.9. The zero-order valence-electron chi connectivity index (χ0n) is 15.6. The van der Waals surface area contributed by atoms with Crippen molar-refractivity contribution in [3.8, 4) is 11.5 Å². The standard InChI is InChI=1S/C20H24N2O4/c1-5-7-12-11-22-14-8-9-16(24-3)19(25-4)13(14)10-15(22)18(21)17(12)20(23)26-6-2/h7-10H,5-6,11,21H2,1-4H3/b12-7-. The van der Waals surface area contributed by atoms with Crippen LogP contribution in [0.1, 0.15) is 26.0 Å². The van der Waals surface area contributed by atoms with Crippen molar-refractivity contribution < 1.29 is 19.0 Å². The maximum Gasteiger partial charge on any atom is 0.340 e. The highest BCUT2D eigenvalue weighted by molar-refractivity contribution is 6.04. The molecule has 1 aliphatic rings. The molecule has 1 aliphatic heterocycles. The van der Waals surface area contributed by atoms with Crippen LogP contribution in [0, 0.1) is 0 Å². The molecule has 1 aromatic carbocycles. The van der Waals surface area contributed by atoms with E-state index in [-0.39, 0.29) is 5.97 Å². The number of allylic oxidation sites excluding steroid dienone is 1. The van der Waals surface area contributed by atoms with Gasteiger partial charge < -0.3 is 24.5 Å². The van der Waals surface area contributed by atoms with Gasteiger partial charge in [0.2, 0.25) is 0 Å². The molecule has 138 valence electrons. The Hall–Kier alpha value is -2.89. The highest BCUT2D eigenvalue weighted by Crippen LogP contribution is 2.41. The Morgan fingerprint density at radius 1 is 1.27 bits per heavy atom. The third-order valence-electron chi connectivity index (χ3n) is 4.55. The van der Waals surface area contributed by atoms with Crippen molar-refractivity contribution in [2.75, 3.05) is 20.8 Å². The van der Waals surface area contributed by atoms with E-state index in [1.165, 1.54) is 0 Å². The number of fused-ring (bicyclic) bond motifs is 3. The van der Waals surface area contributed by atoms with Crippen molar-refractivity contribution >= 4 is 22.6 Å². The van der Waals surface area contributed by atoms with Crippen LogP contribution >= 0.6 is 0 Å². The molecule has 0 fully saturated rings. The first-order valence-electron chi connectivity index (χ1n) is 8.68. The van der Waals surface area contributed by atoms with Crippen molar-refractivity contribution in [3.05, 3.63) is 41.1 Å². The number of aromatic nitrogens is 1. The molecule has 2 heterocycles. The second-order valence-electron chi connectivity index (χ2n) is 6.00. The van der Waals surface area contributed by atoms with Crippen LogP contribution in [0.2, 0.25) is 0 Å². The zero-order chi connectivity index (χ0) is 18.8. The first-order chi connectivity index (χ1) is 12.6. The number of nitrogens with two attached hydrogens (primary N) is 1. The molecule has 3 rings (SSSR count). The molecular formula is C20H24N2O4. The molecule has 0 saturated carbocycles. The highest BCUT2D eigenvalue weighted by Gasteiger charge is 2.29. The highest BCUT2D eigenvalue weighted by atomic mass is 16.5. The van der Waals surface area contributed by atoms with Crippen LogP contribution < -0.4 is 15.2 Å². The Morgan fingerprint density at radius 3 is 2.65 bits per heavy atom. The van der Waals surface area contributed by atoms with Gasteiger partial charge in [0.25, 0.3) is 0 Å². The number of benzene rings is 1. The van der Waals surface area contributed by atoms with Gasteiger partial charge >= 0.3 is 5.97 Å². The van der Waals surface area contributed by atoms with Crippen molar-refractivity contribution in [1.29, 1.82) is 0 Å². The molecular weight excluding hydrogens is 332 g/mol. The average molecular weight is 356 g/mol. The number of hydrogen-bond acceptors (Lipinski definition) is 5. The fourth-order valence-corrected chi connectivity index (χ4v) is 3.46. The number of methoxy groups -OCH3 is 2. The van der Waals surface area contributed by atoms with Gasteiger partial charge in [-0.25, -0.2) is 4.79 Å². The second-order valence-corrected chi connectivity index (χ2v) is 6.00. The van der Waals surface area contributed by atoms with Gasteiger partial charge in [0.15, 0.2) is 11.5 Å². The van der Waals surface area contributed by atoms with E-state index in [1.807, 2.05) is 31.2 Å². The molecule has 0 aliphatic carbocycles. The SMILES string of the molecule is CC/C=C1/Cn2c(cc3c(OC)c(OC)ccc32)C(N)=C1C(=O)OCC. The fourth-order valence-electron chi connectivity index (χ4n) is 3.46. The Morgan fingerprint density at radius 2 is 2.04 bits per heavy atom. The molecule has 0 radical (unpaired) electrons. The third-order valence-corrected chi connectivity index (χ3v) is 4.55. The molecule has 1 aromatic heterocycles. The summed E-state index contributed by atoms with van der Waals surface area (Å²) in [5, 5.41) is 0.894. The Kier molecular flexibility index (Phi) is 4.93. The van der Waals surface area contributed by atoms with Crippen LogP contribution in [0.3, 0.4) is 0 Å². The lowest BCUT2D eigenvalue weighted by molar-refractivity contribution is -0.138. The van der Waals surface area contributed by atoms with E-state index in [1.54, 1.807) is 21.1 Å². The number of ether oxygens (including phenoxy) is 3. The first-order valence-corrected chi connectivity index (χ1v) is 8.68. The molecule has 0 unspecified atom stereocenters. The predicted octanol–water partition coefficient (Wildman–Crippen LogP) is 3.24. The number of carbonyl (C=O) groups excluding carboxylic acids is 1. The summed E-state index contributed by atoms with van der Waals surface area (Å²) in [6.07, 6.45) is 2.83. The van der Waals surface area contributed by atoms with Crippen LogP contribution in [0.4, 0.5) is 0 Å². The molecule has 2 aromatic rings. The van der Waals surface area contributed by atoms with Crippen molar-refractivity contribution in [1.82, 2.24) is 4.57 Å². The molecule has 0 bridgehead atoms. The van der Waals surface area contributed by atoms with Gasteiger partial charge in [0, 0.05) is 11.9 Å². The smallest absolute Gasteiger partial charge is 0.340 e. The third kappa shape index (κ3) is 2.71. The molecule has 2 N–H and O–H groups in total. The minimum atomic E-state index is -0.384. The van der Waals surface area contributed by atoms with E-state index in [4.69, 9.17) is 19.9 Å². The molecule has 26 heavy (non-hydrogen) atoms. The topological polar surface area (TPSA) is 75.7 Å². The van der Waals surface area contributed by atoms with E-state index in [0.717, 1.165) is 28.6 Å². The number of nitrogens with zero attached hydrogens (tertiary/aromatic N) is 1. The maximum absolute atomic E-state index is 12.5. The van der Waals surface area contributed by atoms with Crippen molar-refractivity contribution in [2.45, 2.75) is 26.8 Å². The fraction of sp³-hybridized carbons (Fsp3) is 0.350. The number of carbonyl (C=O) groups is 1. The second kappa shape index (κ2) is 7.15. The van der Waals surface area contributed by atoms with Crippen LogP contribution in [-0.2, 0) is 16.1 Å². The van der Waals surface area contributed by atoms with Gasteiger partial charge in [-0.3, -0.25) is 0 Å². The van der Waals surface area contributed by atoms with Gasteiger partial charge in [0.05, 0.1) is 43.3 Å². The summed E-state index contributed by atoms with van der Waals surface area (Å²) >= 11 is 0. The Bertz CT molecular complexity index is 922. The minimum absolute atomic E-state index is 0.309. The van der Waals surface area contributed by atoms with E-state index in [9.17, 15) is 4.79 Å². The Balaban J connectivity index is 2.28. The summed E-state index contributed by atoms with van der Waals surface area (Å²) in [6, 6.07) is 5.79. The van der Waals surface area contributed by atoms with Gasteiger partial charge in [-0.05, 0) is 37.1 Å². The predicted molar refractivity (Wildman–Crippen MR) is 101 cm³/mol. The lowest BCUT2D eigenvalue weighted by Crippen LogP contribution is -2.23. The van der Waals surface area contributed by atoms with E-state index in [0.29, 0.717) is 35.9 Å². The average Bonchev–Trinajstić information content (AvgIpc) is 3.00. The number of rotatable bonds is 5. The summed E-state index contributed by atoms with van der Waals surface area (Å²) in [4.78, 5) is 12.5. The maximum atomic E-state index is 12.5. The molecule has 0 atom stereocenters. The minimum Gasteiger partial charge on any atom is -0.493 e. The zero-order valence-corrected chi connectivity index (χ0v) is 15.6.